The molecular weight excluding hydrogens is 341 g/mol. The van der Waals surface area contributed by atoms with Gasteiger partial charge in [-0.05, 0) is 43.4 Å². The van der Waals surface area contributed by atoms with E-state index in [4.69, 9.17) is 0 Å². The molecule has 1 unspecified atom stereocenters. The van der Waals surface area contributed by atoms with Crippen LogP contribution >= 0.6 is 0 Å². The third kappa shape index (κ3) is 4.34. The largest absolute Gasteiger partial charge is 1.00 e. The number of carbonyl (C=O) groups excluding carboxylic acids is 2. The van der Waals surface area contributed by atoms with Gasteiger partial charge < -0.3 is 14.5 Å². The Morgan fingerprint density at radius 2 is 1.96 bits per heavy atom. The zero-order chi connectivity index (χ0) is 17.1. The van der Waals surface area contributed by atoms with Crippen LogP contribution in [0.3, 0.4) is 0 Å². The Kier molecular flexibility index (Phi) is 7.64. The minimum atomic E-state index is -1.06. The number of unbranched alkanes of at least 4 members (excludes halogenated alkanes) is 1. The van der Waals surface area contributed by atoms with Gasteiger partial charge in [-0.25, -0.2) is 0 Å². The van der Waals surface area contributed by atoms with Gasteiger partial charge >= 0.3 is 51.4 Å². The molecule has 0 fully saturated rings. The van der Waals surface area contributed by atoms with Crippen LogP contribution in [0.25, 0.3) is 0 Å². The monoisotopic (exact) mass is 363 g/mol. The van der Waals surface area contributed by atoms with Gasteiger partial charge in [0.1, 0.15) is 0 Å². The molecule has 1 aromatic heterocycles. The van der Waals surface area contributed by atoms with Gasteiger partial charge in [0.2, 0.25) is 5.78 Å². The molecule has 1 atom stereocenters. The predicted octanol–water partition coefficient (Wildman–Crippen LogP) is -0.307. The van der Waals surface area contributed by atoms with Crippen LogP contribution in [0.15, 0.2) is 36.4 Å². The van der Waals surface area contributed by atoms with Crippen molar-refractivity contribution in [2.45, 2.75) is 51.5 Å². The van der Waals surface area contributed by atoms with Crippen molar-refractivity contribution in [3.8, 4) is 0 Å². The fraction of sp³-hybridized carbons (Fsp3) is 0.400. The molecule has 2 aromatic rings. The smallest absolute Gasteiger partial charge is 0.549 e. The van der Waals surface area contributed by atoms with E-state index in [1.807, 2.05) is 28.8 Å². The first-order valence-electron chi connectivity index (χ1n) is 8.66. The van der Waals surface area contributed by atoms with E-state index in [1.54, 1.807) is 12.1 Å². The van der Waals surface area contributed by atoms with Crippen LogP contribution in [0.4, 0.5) is 0 Å². The fourth-order valence-electron chi connectivity index (χ4n) is 3.54. The van der Waals surface area contributed by atoms with E-state index in [2.05, 4.69) is 6.92 Å². The molecule has 0 N–H and O–H groups in total. The molecule has 1 aliphatic rings. The number of aromatic nitrogens is 1. The summed E-state index contributed by atoms with van der Waals surface area (Å²) in [5, 5.41) is 11.3. The average molecular weight is 363 g/mol. The van der Waals surface area contributed by atoms with Crippen LogP contribution in [0.2, 0.25) is 0 Å². The third-order valence-electron chi connectivity index (χ3n) is 4.82. The first-order chi connectivity index (χ1) is 11.6. The number of hydrogen-bond donors (Lipinski definition) is 0. The van der Waals surface area contributed by atoms with Crippen molar-refractivity contribution < 1.29 is 66.1 Å². The summed E-state index contributed by atoms with van der Waals surface area (Å²) in [7, 11) is 0. The van der Waals surface area contributed by atoms with Crippen LogP contribution in [-0.2, 0) is 17.8 Å². The van der Waals surface area contributed by atoms with E-state index in [0.717, 1.165) is 36.8 Å². The van der Waals surface area contributed by atoms with E-state index < -0.39 is 11.9 Å². The molecule has 0 aliphatic carbocycles. The normalized spacial score (nSPS) is 16.0. The Balaban J connectivity index is 0.00000225. The molecule has 25 heavy (non-hydrogen) atoms. The van der Waals surface area contributed by atoms with Crippen LogP contribution in [0, 0.1) is 0 Å². The molecule has 0 saturated heterocycles. The molecule has 0 amide bonds. The summed E-state index contributed by atoms with van der Waals surface area (Å²) in [6.07, 6.45) is 4.33. The third-order valence-corrected chi connectivity index (χ3v) is 4.82. The van der Waals surface area contributed by atoms with Crippen molar-refractivity contribution in [3.05, 3.63) is 58.9 Å². The maximum atomic E-state index is 13.1. The minimum absolute atomic E-state index is 0. The summed E-state index contributed by atoms with van der Waals surface area (Å²) in [5.74, 6) is -1.70. The van der Waals surface area contributed by atoms with Gasteiger partial charge in [0.15, 0.2) is 0 Å². The molecule has 0 spiro atoms. The van der Waals surface area contributed by atoms with E-state index in [0.29, 0.717) is 24.4 Å². The molecule has 2 heterocycles. The quantitative estimate of drug-likeness (QED) is 0.523. The Morgan fingerprint density at radius 1 is 1.20 bits per heavy atom. The van der Waals surface area contributed by atoms with Crippen molar-refractivity contribution in [1.82, 2.24) is 4.57 Å². The second-order valence-electron chi connectivity index (χ2n) is 6.40. The fourth-order valence-corrected chi connectivity index (χ4v) is 3.54. The Labute approximate surface area is 191 Å². The van der Waals surface area contributed by atoms with E-state index in [9.17, 15) is 14.7 Å². The van der Waals surface area contributed by atoms with Crippen molar-refractivity contribution in [2.75, 3.05) is 0 Å². The molecular formula is C20H22KNO3. The number of carbonyl (C=O) groups is 2. The van der Waals surface area contributed by atoms with Gasteiger partial charge in [-0.1, -0.05) is 37.6 Å². The summed E-state index contributed by atoms with van der Waals surface area (Å²) in [6, 6.07) is 11.2. The van der Waals surface area contributed by atoms with Crippen LogP contribution in [-0.4, -0.2) is 16.3 Å². The number of carboxylic acid groups (broad SMARTS) is 1. The van der Waals surface area contributed by atoms with Crippen molar-refractivity contribution >= 4 is 11.8 Å². The van der Waals surface area contributed by atoms with Crippen LogP contribution in [0.5, 0.6) is 0 Å². The molecule has 3 rings (SSSR count). The predicted molar refractivity (Wildman–Crippen MR) is 89.9 cm³/mol. The Hall–Kier alpha value is -0.724. The van der Waals surface area contributed by atoms with Crippen molar-refractivity contribution in [2.24, 2.45) is 0 Å². The second kappa shape index (κ2) is 9.28. The van der Waals surface area contributed by atoms with Gasteiger partial charge in [0, 0.05) is 23.7 Å². The maximum Gasteiger partial charge on any atom is 1.00 e. The number of aliphatic carboxylic acids is 1. The average Bonchev–Trinajstić information content (AvgIpc) is 3.03. The molecule has 126 valence electrons. The number of ketones is 1. The van der Waals surface area contributed by atoms with Crippen LogP contribution in [0.1, 0.15) is 65.8 Å². The SMILES string of the molecule is CCCCc1ccccc1C(=O)c1ccc2n1CCCC2C(=O)[O-].[K+]. The van der Waals surface area contributed by atoms with Gasteiger partial charge in [-0.15, -0.1) is 0 Å². The summed E-state index contributed by atoms with van der Waals surface area (Å²) < 4.78 is 1.86. The molecule has 0 saturated carbocycles. The van der Waals surface area contributed by atoms with Gasteiger partial charge in [0.25, 0.3) is 0 Å². The van der Waals surface area contributed by atoms with Gasteiger partial charge in [-0.2, -0.15) is 0 Å². The summed E-state index contributed by atoms with van der Waals surface area (Å²) in [4.78, 5) is 24.4. The number of benzene rings is 1. The Bertz CT molecular complexity index is 766. The number of aryl methyl sites for hydroxylation is 1. The Morgan fingerprint density at radius 3 is 2.68 bits per heavy atom. The molecule has 0 bridgehead atoms. The first kappa shape index (κ1) is 20.6. The second-order valence-corrected chi connectivity index (χ2v) is 6.40. The van der Waals surface area contributed by atoms with Crippen molar-refractivity contribution in [3.63, 3.8) is 0 Å². The molecule has 5 heteroatoms. The van der Waals surface area contributed by atoms with Gasteiger partial charge in [-0.3, -0.25) is 4.79 Å². The maximum absolute atomic E-state index is 13.1. The summed E-state index contributed by atoms with van der Waals surface area (Å²) >= 11 is 0. The van der Waals surface area contributed by atoms with Crippen LogP contribution < -0.4 is 56.5 Å². The molecule has 1 aromatic carbocycles. The standard InChI is InChI=1S/C20H23NO3.K/c1-2-3-7-14-8-4-5-9-15(14)19(22)18-12-11-17-16(20(23)24)10-6-13-21(17)18;/h4-5,8-9,11-12,16H,2-3,6-7,10,13H2,1H3,(H,23,24);/q;+1/p-1. The number of nitrogens with zero attached hydrogens (tertiary/aromatic N) is 1. The molecule has 0 radical (unpaired) electrons. The number of rotatable bonds is 6. The minimum Gasteiger partial charge on any atom is -0.549 e. The number of fused-ring (bicyclic) bond motifs is 1. The summed E-state index contributed by atoms with van der Waals surface area (Å²) in [5.41, 5.74) is 3.06. The van der Waals surface area contributed by atoms with Gasteiger partial charge in [0.05, 0.1) is 11.7 Å². The van der Waals surface area contributed by atoms with E-state index >= 15 is 0 Å². The van der Waals surface area contributed by atoms with Crippen molar-refractivity contribution in [1.29, 1.82) is 0 Å². The zero-order valence-corrected chi connectivity index (χ0v) is 18.1. The number of hydrogen-bond acceptors (Lipinski definition) is 3. The number of carboxylic acids is 1. The van der Waals surface area contributed by atoms with E-state index in [-0.39, 0.29) is 57.2 Å². The zero-order valence-electron chi connectivity index (χ0n) is 15.0. The molecule has 1 aliphatic heterocycles. The topological polar surface area (TPSA) is 62.1 Å². The summed E-state index contributed by atoms with van der Waals surface area (Å²) in [6.45, 7) is 2.82. The first-order valence-corrected chi connectivity index (χ1v) is 8.66. The molecule has 4 nitrogen and oxygen atoms in total. The van der Waals surface area contributed by atoms with E-state index in [1.165, 1.54) is 0 Å².